The Kier molecular flexibility index (Phi) is 7.68. The lowest BCUT2D eigenvalue weighted by Crippen LogP contribution is -2.25. The Morgan fingerprint density at radius 3 is 2.47 bits per heavy atom. The van der Waals surface area contributed by atoms with Gasteiger partial charge < -0.3 is 4.74 Å². The maximum Gasteiger partial charge on any atom is 0.145 e. The molecule has 2 aliphatic rings. The number of anilines is 1. The van der Waals surface area contributed by atoms with Crippen LogP contribution in [0.1, 0.15) is 11.1 Å². The lowest BCUT2D eigenvalue weighted by atomic mass is 10.1. The largest absolute Gasteiger partial charge is 0.489 e. The SMILES string of the molecule is O=S(C=Cc1cccc(Cl)c1)N(CC1=C2C=CC(Cl)=CC21)c1cccc(OCc2cccc(Cl)c2)c1. The van der Waals surface area contributed by atoms with Gasteiger partial charge in [-0.2, -0.15) is 0 Å². The van der Waals surface area contributed by atoms with Crippen molar-refractivity contribution in [1.29, 1.82) is 0 Å². The molecule has 0 spiro atoms. The van der Waals surface area contributed by atoms with Crippen LogP contribution in [-0.2, 0) is 17.6 Å². The predicted octanol–water partition coefficient (Wildman–Crippen LogP) is 8.33. The molecule has 3 aromatic carbocycles. The number of rotatable bonds is 9. The molecule has 0 bridgehead atoms. The van der Waals surface area contributed by atoms with Crippen LogP contribution in [-0.4, -0.2) is 10.8 Å². The molecule has 2 unspecified atom stereocenters. The maximum atomic E-state index is 13.5. The summed E-state index contributed by atoms with van der Waals surface area (Å²) < 4.78 is 21.4. The van der Waals surface area contributed by atoms with Gasteiger partial charge in [0.25, 0.3) is 0 Å². The number of halogens is 3. The molecule has 3 nitrogen and oxygen atoms in total. The number of hydrogen-bond acceptors (Lipinski definition) is 2. The first-order valence-corrected chi connectivity index (χ1v) is 13.6. The van der Waals surface area contributed by atoms with E-state index in [4.69, 9.17) is 39.5 Å². The summed E-state index contributed by atoms with van der Waals surface area (Å²) in [5.41, 5.74) is 5.09. The second kappa shape index (κ2) is 11.1. The fourth-order valence-corrected chi connectivity index (χ4v) is 5.65. The van der Waals surface area contributed by atoms with Crippen LogP contribution in [0.5, 0.6) is 5.75 Å². The van der Waals surface area contributed by atoms with Crippen molar-refractivity contribution in [2.45, 2.75) is 6.61 Å². The Hall–Kier alpha value is -2.76. The number of allylic oxidation sites excluding steroid dienone is 5. The molecule has 0 radical (unpaired) electrons. The Balaban J connectivity index is 1.38. The predicted molar refractivity (Wildman–Crippen MR) is 152 cm³/mol. The molecular formula is C29H22Cl3NO2S. The van der Waals surface area contributed by atoms with Gasteiger partial charge in [-0.15, -0.1) is 0 Å². The summed E-state index contributed by atoms with van der Waals surface area (Å²) in [6.45, 7) is 0.891. The van der Waals surface area contributed by atoms with Gasteiger partial charge in [0.15, 0.2) is 0 Å². The van der Waals surface area contributed by atoms with E-state index in [0.29, 0.717) is 28.9 Å². The average Bonchev–Trinajstić information content (AvgIpc) is 3.56. The molecule has 0 amide bonds. The summed E-state index contributed by atoms with van der Waals surface area (Å²) in [6.07, 6.45) is 7.78. The first-order valence-electron chi connectivity index (χ1n) is 11.3. The van der Waals surface area contributed by atoms with Crippen LogP contribution in [0.15, 0.2) is 113 Å². The molecule has 0 aromatic heterocycles. The topological polar surface area (TPSA) is 29.5 Å². The van der Waals surface area contributed by atoms with Crippen molar-refractivity contribution in [1.82, 2.24) is 0 Å². The molecule has 5 rings (SSSR count). The Bertz CT molecular complexity index is 1440. The minimum Gasteiger partial charge on any atom is -0.489 e. The van der Waals surface area contributed by atoms with Crippen molar-refractivity contribution in [3.63, 3.8) is 0 Å². The highest BCUT2D eigenvalue weighted by atomic mass is 35.5. The van der Waals surface area contributed by atoms with Crippen LogP contribution in [0.4, 0.5) is 5.69 Å². The number of nitrogens with zero attached hydrogens (tertiary/aromatic N) is 1. The summed E-state index contributed by atoms with van der Waals surface area (Å²) in [6, 6.07) is 22.6. The number of ether oxygens (including phenoxy) is 1. The number of fused-ring (bicyclic) bond motifs is 1. The molecule has 0 fully saturated rings. The van der Waals surface area contributed by atoms with Gasteiger partial charge >= 0.3 is 0 Å². The first-order chi connectivity index (χ1) is 17.5. The smallest absolute Gasteiger partial charge is 0.145 e. The zero-order valence-electron chi connectivity index (χ0n) is 19.1. The van der Waals surface area contributed by atoms with Gasteiger partial charge in [-0.1, -0.05) is 77.3 Å². The Morgan fingerprint density at radius 1 is 0.917 bits per heavy atom. The minimum atomic E-state index is -1.45. The minimum absolute atomic E-state index is 0.209. The second-order valence-corrected chi connectivity index (χ2v) is 11.0. The van der Waals surface area contributed by atoms with Crippen molar-refractivity contribution >= 4 is 57.6 Å². The molecule has 0 saturated carbocycles. The van der Waals surface area contributed by atoms with Crippen molar-refractivity contribution in [2.24, 2.45) is 5.92 Å². The van der Waals surface area contributed by atoms with E-state index in [-0.39, 0.29) is 5.92 Å². The van der Waals surface area contributed by atoms with Crippen molar-refractivity contribution in [3.8, 4) is 5.75 Å². The van der Waals surface area contributed by atoms with Gasteiger partial charge in [0, 0.05) is 32.5 Å². The van der Waals surface area contributed by atoms with Crippen LogP contribution < -0.4 is 9.04 Å². The van der Waals surface area contributed by atoms with E-state index in [1.807, 2.05) is 101 Å². The monoisotopic (exact) mass is 553 g/mol. The standard InChI is InChI=1S/C29H22Cl3NO2S/c30-22-6-1-4-20(14-22)12-13-36(34)33(18-29-27-11-10-24(32)16-28(27)29)25-8-3-9-26(17-25)35-19-21-5-2-7-23(31)15-21/h1-17,28H,18-19H2. The van der Waals surface area contributed by atoms with E-state index in [1.165, 1.54) is 11.1 Å². The lowest BCUT2D eigenvalue weighted by molar-refractivity contribution is 0.306. The zero-order valence-corrected chi connectivity index (χ0v) is 22.2. The molecule has 3 aromatic rings. The number of benzene rings is 3. The van der Waals surface area contributed by atoms with Crippen molar-refractivity contribution in [2.75, 3.05) is 10.8 Å². The summed E-state index contributed by atoms with van der Waals surface area (Å²) in [7, 11) is -1.45. The normalized spacial score (nSPS) is 17.1. The third kappa shape index (κ3) is 6.13. The van der Waals surface area contributed by atoms with Crippen molar-refractivity contribution < 1.29 is 8.95 Å². The fraction of sp³-hybridized carbons (Fsp3) is 0.103. The lowest BCUT2D eigenvalue weighted by Gasteiger charge is -2.22. The Labute approximate surface area is 228 Å². The molecule has 0 saturated heterocycles. The van der Waals surface area contributed by atoms with Gasteiger partial charge in [-0.3, -0.25) is 4.31 Å². The van der Waals surface area contributed by atoms with Gasteiger partial charge in [-0.25, -0.2) is 4.21 Å². The van der Waals surface area contributed by atoms with E-state index >= 15 is 0 Å². The molecule has 0 aliphatic heterocycles. The molecule has 0 heterocycles. The maximum absolute atomic E-state index is 13.5. The van der Waals surface area contributed by atoms with Crippen LogP contribution in [0.3, 0.4) is 0 Å². The molecule has 182 valence electrons. The molecule has 7 heteroatoms. The summed E-state index contributed by atoms with van der Waals surface area (Å²) >= 11 is 18.4. The molecule has 2 aliphatic carbocycles. The summed E-state index contributed by atoms with van der Waals surface area (Å²) in [5, 5.41) is 3.71. The quantitative estimate of drug-likeness (QED) is 0.266. The van der Waals surface area contributed by atoms with Crippen LogP contribution >= 0.6 is 34.8 Å². The van der Waals surface area contributed by atoms with Crippen LogP contribution in [0.25, 0.3) is 6.08 Å². The van der Waals surface area contributed by atoms with Gasteiger partial charge in [-0.05, 0) is 70.8 Å². The van der Waals surface area contributed by atoms with Gasteiger partial charge in [0.1, 0.15) is 23.3 Å². The number of hydrogen-bond donors (Lipinski definition) is 0. The summed E-state index contributed by atoms with van der Waals surface area (Å²) in [5.74, 6) is 0.892. The fourth-order valence-electron chi connectivity index (χ4n) is 4.04. The molecule has 2 atom stereocenters. The van der Waals surface area contributed by atoms with Gasteiger partial charge in [0.05, 0.1) is 12.2 Å². The van der Waals surface area contributed by atoms with Crippen molar-refractivity contribution in [3.05, 3.63) is 134 Å². The highest BCUT2D eigenvalue weighted by molar-refractivity contribution is 7.89. The Morgan fingerprint density at radius 2 is 1.69 bits per heavy atom. The highest BCUT2D eigenvalue weighted by Gasteiger charge is 2.36. The van der Waals surface area contributed by atoms with E-state index in [2.05, 4.69) is 0 Å². The van der Waals surface area contributed by atoms with E-state index < -0.39 is 11.0 Å². The third-order valence-electron chi connectivity index (χ3n) is 5.90. The van der Waals surface area contributed by atoms with Crippen LogP contribution in [0, 0.1) is 5.92 Å². The zero-order chi connectivity index (χ0) is 25.1. The van der Waals surface area contributed by atoms with E-state index in [9.17, 15) is 4.21 Å². The average molecular weight is 555 g/mol. The third-order valence-corrected chi connectivity index (χ3v) is 7.77. The summed E-state index contributed by atoms with van der Waals surface area (Å²) in [4.78, 5) is 0. The molecule has 36 heavy (non-hydrogen) atoms. The van der Waals surface area contributed by atoms with E-state index in [1.54, 1.807) is 5.41 Å². The first kappa shape index (κ1) is 24.9. The molecular weight excluding hydrogens is 533 g/mol. The van der Waals surface area contributed by atoms with Crippen LogP contribution in [0.2, 0.25) is 10.0 Å². The molecule has 0 N–H and O–H groups in total. The second-order valence-electron chi connectivity index (χ2n) is 8.43. The van der Waals surface area contributed by atoms with E-state index in [0.717, 1.165) is 21.8 Å². The van der Waals surface area contributed by atoms with Gasteiger partial charge in [0.2, 0.25) is 0 Å². The highest BCUT2D eigenvalue weighted by Crippen LogP contribution is 2.46.